The molecule has 98 valence electrons. The van der Waals surface area contributed by atoms with Crippen molar-refractivity contribution in [3.8, 4) is 11.5 Å². The summed E-state index contributed by atoms with van der Waals surface area (Å²) in [5.74, 6) is -0.523. The number of likely N-dealkylation sites (tertiary alicyclic amines) is 1. The van der Waals surface area contributed by atoms with Gasteiger partial charge in [-0.3, -0.25) is 4.79 Å². The minimum atomic E-state index is -0.382. The zero-order chi connectivity index (χ0) is 13.5. The first-order valence-corrected chi connectivity index (χ1v) is 5.94. The summed E-state index contributed by atoms with van der Waals surface area (Å²) in [5, 5.41) is 19.3. The molecule has 0 aromatic heterocycles. The van der Waals surface area contributed by atoms with Crippen LogP contribution in [0, 0.1) is 5.92 Å². The van der Waals surface area contributed by atoms with Crippen molar-refractivity contribution < 1.29 is 15.0 Å². The fraction of sp³-hybridized carbons (Fsp3) is 0.462. The van der Waals surface area contributed by atoms with Crippen molar-refractivity contribution in [1.82, 2.24) is 4.90 Å². The lowest BCUT2D eigenvalue weighted by Gasteiger charge is -2.50. The number of carbonyl (C=O) groups excluding carboxylic acids is 1. The number of rotatable bonds is 2. The molecule has 18 heavy (non-hydrogen) atoms. The number of hydrogen-bond donors (Lipinski definition) is 3. The first-order valence-electron chi connectivity index (χ1n) is 5.94. The number of benzene rings is 1. The molecule has 1 aliphatic heterocycles. The van der Waals surface area contributed by atoms with Crippen LogP contribution in [0.3, 0.4) is 0 Å². The lowest BCUT2D eigenvalue weighted by Crippen LogP contribution is -2.71. The molecular formula is C13H18N2O3. The lowest BCUT2D eigenvalue weighted by atomic mass is 9.80. The maximum absolute atomic E-state index is 12.1. The summed E-state index contributed by atoms with van der Waals surface area (Å²) in [6.45, 7) is 4.91. The van der Waals surface area contributed by atoms with Gasteiger partial charge in [0.1, 0.15) is 17.1 Å². The van der Waals surface area contributed by atoms with E-state index in [1.807, 2.05) is 13.8 Å². The Morgan fingerprint density at radius 3 is 2.28 bits per heavy atom. The number of nitrogens with zero attached hydrogens (tertiary/aromatic N) is 1. The Morgan fingerprint density at radius 2 is 1.83 bits per heavy atom. The molecule has 1 aromatic carbocycles. The molecule has 0 spiro atoms. The number of carbonyl (C=O) groups is 1. The van der Waals surface area contributed by atoms with Crippen molar-refractivity contribution in [2.24, 2.45) is 11.7 Å². The standard InChI is InChI=1S/C13H18N2O3/c1-8(2)13(14)6-15(7-13)12(18)11-9(16)4-3-5-10(11)17/h3-5,8,16-17H,6-7,14H2,1-2H3. The Labute approximate surface area is 106 Å². The van der Waals surface area contributed by atoms with E-state index in [1.165, 1.54) is 23.1 Å². The van der Waals surface area contributed by atoms with E-state index in [-0.39, 0.29) is 34.4 Å². The molecule has 0 atom stereocenters. The molecule has 4 N–H and O–H groups in total. The van der Waals surface area contributed by atoms with Gasteiger partial charge in [0.2, 0.25) is 0 Å². The monoisotopic (exact) mass is 250 g/mol. The quantitative estimate of drug-likeness (QED) is 0.728. The molecular weight excluding hydrogens is 232 g/mol. The summed E-state index contributed by atoms with van der Waals surface area (Å²) in [6.07, 6.45) is 0. The molecule has 1 amide bonds. The third-order valence-corrected chi connectivity index (χ3v) is 3.64. The van der Waals surface area contributed by atoms with Crippen LogP contribution < -0.4 is 5.73 Å². The highest BCUT2D eigenvalue weighted by Gasteiger charge is 2.45. The largest absolute Gasteiger partial charge is 0.507 e. The molecule has 0 saturated carbocycles. The molecule has 5 nitrogen and oxygen atoms in total. The van der Waals surface area contributed by atoms with Crippen LogP contribution in [0.4, 0.5) is 0 Å². The van der Waals surface area contributed by atoms with Gasteiger partial charge in [0.05, 0.1) is 5.54 Å². The van der Waals surface area contributed by atoms with Crippen molar-refractivity contribution in [2.75, 3.05) is 13.1 Å². The summed E-state index contributed by atoms with van der Waals surface area (Å²) in [7, 11) is 0. The number of phenolic OH excluding ortho intramolecular Hbond substituents is 2. The van der Waals surface area contributed by atoms with Crippen LogP contribution >= 0.6 is 0 Å². The first kappa shape index (κ1) is 12.7. The zero-order valence-corrected chi connectivity index (χ0v) is 10.6. The average molecular weight is 250 g/mol. The third-order valence-electron chi connectivity index (χ3n) is 3.64. The number of nitrogens with two attached hydrogens (primary N) is 1. The van der Waals surface area contributed by atoms with E-state index in [1.54, 1.807) is 0 Å². The van der Waals surface area contributed by atoms with Crippen LogP contribution in [0.15, 0.2) is 18.2 Å². The Kier molecular flexibility index (Phi) is 2.94. The fourth-order valence-corrected chi connectivity index (χ4v) is 2.08. The van der Waals surface area contributed by atoms with E-state index in [0.717, 1.165) is 0 Å². The van der Waals surface area contributed by atoms with Gasteiger partial charge in [-0.15, -0.1) is 0 Å². The van der Waals surface area contributed by atoms with E-state index in [4.69, 9.17) is 5.73 Å². The van der Waals surface area contributed by atoms with Gasteiger partial charge >= 0.3 is 0 Å². The van der Waals surface area contributed by atoms with E-state index in [9.17, 15) is 15.0 Å². The average Bonchev–Trinajstić information content (AvgIpc) is 2.23. The van der Waals surface area contributed by atoms with Crippen LogP contribution in [0.2, 0.25) is 0 Å². The summed E-state index contributed by atoms with van der Waals surface area (Å²) in [4.78, 5) is 13.7. The van der Waals surface area contributed by atoms with Crippen molar-refractivity contribution >= 4 is 5.91 Å². The third kappa shape index (κ3) is 1.90. The Balaban J connectivity index is 2.16. The van der Waals surface area contributed by atoms with E-state index < -0.39 is 0 Å². The summed E-state index contributed by atoms with van der Waals surface area (Å²) >= 11 is 0. The number of amides is 1. The van der Waals surface area contributed by atoms with Gasteiger partial charge in [-0.05, 0) is 18.1 Å². The minimum absolute atomic E-state index is 0.0525. The van der Waals surface area contributed by atoms with Gasteiger partial charge in [0.15, 0.2) is 0 Å². The van der Waals surface area contributed by atoms with Crippen LogP contribution in [0.5, 0.6) is 11.5 Å². The molecule has 0 aliphatic carbocycles. The predicted molar refractivity (Wildman–Crippen MR) is 67.4 cm³/mol. The Hall–Kier alpha value is -1.75. The van der Waals surface area contributed by atoms with Gasteiger partial charge in [0, 0.05) is 13.1 Å². The van der Waals surface area contributed by atoms with E-state index in [0.29, 0.717) is 13.1 Å². The van der Waals surface area contributed by atoms with Gasteiger partial charge in [-0.1, -0.05) is 19.9 Å². The minimum Gasteiger partial charge on any atom is -0.507 e. The molecule has 1 fully saturated rings. The summed E-state index contributed by atoms with van der Waals surface area (Å²) in [6, 6.07) is 4.24. The molecule has 1 aromatic rings. The highest BCUT2D eigenvalue weighted by Crippen LogP contribution is 2.32. The molecule has 0 radical (unpaired) electrons. The molecule has 1 aliphatic rings. The highest BCUT2D eigenvalue weighted by atomic mass is 16.3. The van der Waals surface area contributed by atoms with Crippen LogP contribution in [-0.2, 0) is 0 Å². The second-order valence-electron chi connectivity index (χ2n) is 5.22. The molecule has 2 rings (SSSR count). The van der Waals surface area contributed by atoms with Gasteiger partial charge in [-0.2, -0.15) is 0 Å². The van der Waals surface area contributed by atoms with Crippen molar-refractivity contribution in [1.29, 1.82) is 0 Å². The SMILES string of the molecule is CC(C)C1(N)CN(C(=O)c2c(O)cccc2O)C1. The normalized spacial score (nSPS) is 17.7. The summed E-state index contributed by atoms with van der Waals surface area (Å²) in [5.41, 5.74) is 5.69. The van der Waals surface area contributed by atoms with Crippen molar-refractivity contribution in [2.45, 2.75) is 19.4 Å². The van der Waals surface area contributed by atoms with Gasteiger partial charge < -0.3 is 20.8 Å². The van der Waals surface area contributed by atoms with Crippen molar-refractivity contribution in [3.05, 3.63) is 23.8 Å². The number of aromatic hydroxyl groups is 2. The highest BCUT2D eigenvalue weighted by molar-refractivity contribution is 6.00. The smallest absolute Gasteiger partial charge is 0.261 e. The topological polar surface area (TPSA) is 86.8 Å². The zero-order valence-electron chi connectivity index (χ0n) is 10.6. The Morgan fingerprint density at radius 1 is 1.33 bits per heavy atom. The maximum atomic E-state index is 12.1. The van der Waals surface area contributed by atoms with E-state index >= 15 is 0 Å². The molecule has 5 heteroatoms. The van der Waals surface area contributed by atoms with Crippen LogP contribution in [0.25, 0.3) is 0 Å². The molecule has 0 bridgehead atoms. The van der Waals surface area contributed by atoms with Gasteiger partial charge in [0.25, 0.3) is 5.91 Å². The van der Waals surface area contributed by atoms with Gasteiger partial charge in [-0.25, -0.2) is 0 Å². The van der Waals surface area contributed by atoms with Crippen LogP contribution in [-0.4, -0.2) is 39.6 Å². The molecule has 1 saturated heterocycles. The van der Waals surface area contributed by atoms with Crippen molar-refractivity contribution in [3.63, 3.8) is 0 Å². The van der Waals surface area contributed by atoms with E-state index in [2.05, 4.69) is 0 Å². The predicted octanol–water partition coefficient (Wildman–Crippen LogP) is 0.907. The second-order valence-corrected chi connectivity index (χ2v) is 5.22. The molecule has 1 heterocycles. The molecule has 0 unspecified atom stereocenters. The maximum Gasteiger partial charge on any atom is 0.261 e. The summed E-state index contributed by atoms with van der Waals surface area (Å²) < 4.78 is 0. The number of phenols is 2. The first-order chi connectivity index (χ1) is 8.35. The fourth-order valence-electron chi connectivity index (χ4n) is 2.08. The number of hydrogen-bond acceptors (Lipinski definition) is 4. The lowest BCUT2D eigenvalue weighted by molar-refractivity contribution is 0.0270. The second kappa shape index (κ2) is 4.17. The van der Waals surface area contributed by atoms with Crippen LogP contribution in [0.1, 0.15) is 24.2 Å². The Bertz CT molecular complexity index is 459.